The quantitative estimate of drug-likeness (QED) is 0.857. The van der Waals surface area contributed by atoms with E-state index >= 15 is 0 Å². The molecule has 0 amide bonds. The van der Waals surface area contributed by atoms with E-state index in [1.807, 2.05) is 37.6 Å². The highest BCUT2D eigenvalue weighted by Crippen LogP contribution is 2.08. The summed E-state index contributed by atoms with van der Waals surface area (Å²) in [5, 5.41) is 3.05. The number of hydrogen-bond donors (Lipinski definition) is 1. The fourth-order valence-electron chi connectivity index (χ4n) is 1.82. The Labute approximate surface area is 102 Å². The summed E-state index contributed by atoms with van der Waals surface area (Å²) in [6.07, 6.45) is 5.99. The fraction of sp³-hybridized carbons (Fsp3) is 0.385. The van der Waals surface area contributed by atoms with E-state index in [1.54, 1.807) is 0 Å². The van der Waals surface area contributed by atoms with Crippen molar-refractivity contribution >= 4 is 5.82 Å². The lowest BCUT2D eigenvalue weighted by Gasteiger charge is -2.08. The summed E-state index contributed by atoms with van der Waals surface area (Å²) in [6.45, 7) is 2.95. The molecule has 2 heterocycles. The van der Waals surface area contributed by atoms with Crippen molar-refractivity contribution in [2.24, 2.45) is 0 Å². The summed E-state index contributed by atoms with van der Waals surface area (Å²) < 4.78 is 2.16. The molecular formula is C13H18N4. The third-order valence-electron chi connectivity index (χ3n) is 2.67. The van der Waals surface area contributed by atoms with Gasteiger partial charge in [0, 0.05) is 25.9 Å². The van der Waals surface area contributed by atoms with E-state index in [2.05, 4.69) is 26.8 Å². The summed E-state index contributed by atoms with van der Waals surface area (Å²) in [7, 11) is 1.88. The first-order valence-electron chi connectivity index (χ1n) is 5.97. The number of rotatable bonds is 5. The van der Waals surface area contributed by atoms with Crippen molar-refractivity contribution in [3.63, 3.8) is 0 Å². The minimum atomic E-state index is 0.783. The molecule has 2 aromatic rings. The van der Waals surface area contributed by atoms with Crippen LogP contribution in [0, 0.1) is 0 Å². The Hall–Kier alpha value is -1.84. The Morgan fingerprint density at radius 2 is 2.24 bits per heavy atom. The lowest BCUT2D eigenvalue weighted by molar-refractivity contribution is 0.694. The Balaban J connectivity index is 2.16. The molecule has 0 saturated heterocycles. The van der Waals surface area contributed by atoms with Crippen LogP contribution in [0.4, 0.5) is 5.82 Å². The molecule has 0 aliphatic heterocycles. The van der Waals surface area contributed by atoms with Crippen LogP contribution in [0.15, 0.2) is 30.6 Å². The Bertz CT molecular complexity index is 476. The highest BCUT2D eigenvalue weighted by molar-refractivity contribution is 5.34. The molecule has 0 atom stereocenters. The van der Waals surface area contributed by atoms with Crippen LogP contribution < -0.4 is 5.32 Å². The van der Waals surface area contributed by atoms with Gasteiger partial charge in [0.25, 0.3) is 0 Å². The number of aryl methyl sites for hydroxylation is 1. The van der Waals surface area contributed by atoms with Crippen molar-refractivity contribution in [3.8, 4) is 0 Å². The van der Waals surface area contributed by atoms with Crippen molar-refractivity contribution in [1.29, 1.82) is 0 Å². The molecule has 0 aliphatic rings. The molecule has 17 heavy (non-hydrogen) atoms. The van der Waals surface area contributed by atoms with Crippen LogP contribution >= 0.6 is 0 Å². The standard InChI is InChI=1S/C13H18N4/c1-3-5-13-15-8-9-17(13)10-11-6-4-7-12(14-2)16-11/h4,6-9H,3,5,10H2,1-2H3,(H,14,16). The Morgan fingerprint density at radius 1 is 1.35 bits per heavy atom. The van der Waals surface area contributed by atoms with Crippen molar-refractivity contribution < 1.29 is 0 Å². The van der Waals surface area contributed by atoms with Crippen LogP contribution in [0.5, 0.6) is 0 Å². The second-order valence-corrected chi connectivity index (χ2v) is 3.99. The van der Waals surface area contributed by atoms with Crippen LogP contribution in [0.25, 0.3) is 0 Å². The summed E-state index contributed by atoms with van der Waals surface area (Å²) in [5.74, 6) is 2.03. The first kappa shape index (κ1) is 11.6. The molecular weight excluding hydrogens is 212 g/mol. The molecule has 0 radical (unpaired) electrons. The second kappa shape index (κ2) is 5.48. The zero-order valence-corrected chi connectivity index (χ0v) is 10.3. The fourth-order valence-corrected chi connectivity index (χ4v) is 1.82. The third-order valence-corrected chi connectivity index (χ3v) is 2.67. The first-order chi connectivity index (χ1) is 8.33. The smallest absolute Gasteiger partial charge is 0.126 e. The predicted molar refractivity (Wildman–Crippen MR) is 69.1 cm³/mol. The van der Waals surface area contributed by atoms with Crippen molar-refractivity contribution in [2.75, 3.05) is 12.4 Å². The number of nitrogens with zero attached hydrogens (tertiary/aromatic N) is 3. The third kappa shape index (κ3) is 2.84. The van der Waals surface area contributed by atoms with Crippen LogP contribution in [-0.2, 0) is 13.0 Å². The Kier molecular flexibility index (Phi) is 3.75. The van der Waals surface area contributed by atoms with Gasteiger partial charge in [-0.1, -0.05) is 13.0 Å². The molecule has 0 aliphatic carbocycles. The normalized spacial score (nSPS) is 10.5. The molecule has 0 fully saturated rings. The predicted octanol–water partition coefficient (Wildman–Crippen LogP) is 2.32. The number of anilines is 1. The van der Waals surface area contributed by atoms with Gasteiger partial charge >= 0.3 is 0 Å². The second-order valence-electron chi connectivity index (χ2n) is 3.99. The maximum atomic E-state index is 4.51. The van der Waals surface area contributed by atoms with Gasteiger partial charge in [0.2, 0.25) is 0 Å². The summed E-state index contributed by atoms with van der Waals surface area (Å²) >= 11 is 0. The average Bonchev–Trinajstić information content (AvgIpc) is 2.78. The highest BCUT2D eigenvalue weighted by Gasteiger charge is 2.03. The van der Waals surface area contributed by atoms with E-state index in [9.17, 15) is 0 Å². The van der Waals surface area contributed by atoms with Crippen molar-refractivity contribution in [2.45, 2.75) is 26.3 Å². The molecule has 2 rings (SSSR count). The topological polar surface area (TPSA) is 42.7 Å². The molecule has 90 valence electrons. The van der Waals surface area contributed by atoms with Gasteiger partial charge in [-0.25, -0.2) is 9.97 Å². The monoisotopic (exact) mass is 230 g/mol. The molecule has 0 unspecified atom stereocenters. The maximum Gasteiger partial charge on any atom is 0.126 e. The summed E-state index contributed by atoms with van der Waals surface area (Å²) in [5.41, 5.74) is 1.05. The van der Waals surface area contributed by atoms with Gasteiger partial charge in [0.15, 0.2) is 0 Å². The van der Waals surface area contributed by atoms with Gasteiger partial charge < -0.3 is 9.88 Å². The molecule has 4 nitrogen and oxygen atoms in total. The molecule has 0 aromatic carbocycles. The number of imidazole rings is 1. The summed E-state index contributed by atoms with van der Waals surface area (Å²) in [6, 6.07) is 6.02. The van der Waals surface area contributed by atoms with E-state index in [0.29, 0.717) is 0 Å². The number of hydrogen-bond acceptors (Lipinski definition) is 3. The van der Waals surface area contributed by atoms with Crippen LogP contribution in [-0.4, -0.2) is 21.6 Å². The Morgan fingerprint density at radius 3 is 3.00 bits per heavy atom. The lowest BCUT2D eigenvalue weighted by atomic mass is 10.3. The van der Waals surface area contributed by atoms with Crippen molar-refractivity contribution in [3.05, 3.63) is 42.1 Å². The molecule has 4 heteroatoms. The zero-order chi connectivity index (χ0) is 12.1. The zero-order valence-electron chi connectivity index (χ0n) is 10.3. The molecule has 0 bridgehead atoms. The van der Waals surface area contributed by atoms with Crippen LogP contribution in [0.1, 0.15) is 24.9 Å². The van der Waals surface area contributed by atoms with E-state index < -0.39 is 0 Å². The van der Waals surface area contributed by atoms with E-state index in [1.165, 1.54) is 0 Å². The van der Waals surface area contributed by atoms with Gasteiger partial charge in [-0.2, -0.15) is 0 Å². The van der Waals surface area contributed by atoms with Gasteiger partial charge in [-0.05, 0) is 18.6 Å². The van der Waals surface area contributed by atoms with Gasteiger partial charge in [-0.3, -0.25) is 0 Å². The van der Waals surface area contributed by atoms with Crippen LogP contribution in [0.2, 0.25) is 0 Å². The largest absolute Gasteiger partial charge is 0.373 e. The highest BCUT2D eigenvalue weighted by atomic mass is 15.1. The van der Waals surface area contributed by atoms with Crippen molar-refractivity contribution in [1.82, 2.24) is 14.5 Å². The first-order valence-corrected chi connectivity index (χ1v) is 5.97. The lowest BCUT2D eigenvalue weighted by Crippen LogP contribution is -2.06. The van der Waals surface area contributed by atoms with Gasteiger partial charge in [-0.15, -0.1) is 0 Å². The number of aromatic nitrogens is 3. The molecule has 0 saturated carbocycles. The van der Waals surface area contributed by atoms with E-state index in [0.717, 1.165) is 36.7 Å². The molecule has 1 N–H and O–H groups in total. The summed E-state index contributed by atoms with van der Waals surface area (Å²) in [4.78, 5) is 8.87. The van der Waals surface area contributed by atoms with E-state index in [4.69, 9.17) is 0 Å². The maximum absolute atomic E-state index is 4.51. The average molecular weight is 230 g/mol. The van der Waals surface area contributed by atoms with Crippen LogP contribution in [0.3, 0.4) is 0 Å². The minimum Gasteiger partial charge on any atom is -0.373 e. The minimum absolute atomic E-state index is 0.783. The number of pyridine rings is 1. The number of nitrogens with one attached hydrogen (secondary N) is 1. The van der Waals surface area contributed by atoms with Gasteiger partial charge in [0.05, 0.1) is 12.2 Å². The molecule has 2 aromatic heterocycles. The van der Waals surface area contributed by atoms with Gasteiger partial charge in [0.1, 0.15) is 11.6 Å². The van der Waals surface area contributed by atoms with E-state index in [-0.39, 0.29) is 0 Å². The SMILES string of the molecule is CCCc1nccn1Cc1cccc(NC)n1. The molecule has 0 spiro atoms.